The lowest BCUT2D eigenvalue weighted by Crippen LogP contribution is -2.27. The first-order valence-corrected chi connectivity index (χ1v) is 7.12. The van der Waals surface area contributed by atoms with E-state index in [0.717, 1.165) is 25.3 Å². The summed E-state index contributed by atoms with van der Waals surface area (Å²) >= 11 is 0. The Bertz CT molecular complexity index is 375. The van der Waals surface area contributed by atoms with E-state index in [1.807, 2.05) is 12.1 Å². The van der Waals surface area contributed by atoms with Gasteiger partial charge in [-0.25, -0.2) is 4.85 Å². The average molecular weight is 260 g/mol. The normalized spacial score (nSPS) is 10.4. The summed E-state index contributed by atoms with van der Waals surface area (Å²) in [5, 5.41) is 0. The molecular formula is C16H24N2O. The average Bonchev–Trinajstić information content (AvgIpc) is 2.44. The van der Waals surface area contributed by atoms with E-state index in [2.05, 4.69) is 23.6 Å². The second-order valence-corrected chi connectivity index (χ2v) is 4.65. The topological polar surface area (TPSA) is 16.8 Å². The molecule has 0 amide bonds. The van der Waals surface area contributed by atoms with Crippen molar-refractivity contribution in [2.75, 3.05) is 26.2 Å². The lowest BCUT2D eigenvalue weighted by Gasteiger charge is -2.20. The van der Waals surface area contributed by atoms with Gasteiger partial charge in [-0.05, 0) is 44.5 Å². The summed E-state index contributed by atoms with van der Waals surface area (Å²) in [5.74, 6) is 0.852. The Hall–Kier alpha value is -1.53. The first kappa shape index (κ1) is 15.5. The highest BCUT2D eigenvalue weighted by Gasteiger charge is 2.02. The van der Waals surface area contributed by atoms with Crippen molar-refractivity contribution in [3.8, 4) is 5.75 Å². The third kappa shape index (κ3) is 6.26. The molecule has 0 aliphatic carbocycles. The number of hydrogen-bond donors (Lipinski definition) is 0. The van der Waals surface area contributed by atoms with Gasteiger partial charge in [-0.1, -0.05) is 26.0 Å². The van der Waals surface area contributed by atoms with Gasteiger partial charge in [0.05, 0.1) is 13.2 Å². The molecule has 0 aliphatic rings. The molecule has 104 valence electrons. The van der Waals surface area contributed by atoms with Crippen LogP contribution in [-0.2, 0) is 0 Å². The molecule has 0 aliphatic heterocycles. The summed E-state index contributed by atoms with van der Waals surface area (Å²) in [6.07, 6.45) is 3.46. The van der Waals surface area contributed by atoms with E-state index in [4.69, 9.17) is 11.3 Å². The van der Waals surface area contributed by atoms with Gasteiger partial charge in [0, 0.05) is 6.54 Å². The Morgan fingerprint density at radius 3 is 2.21 bits per heavy atom. The molecule has 1 aromatic rings. The second kappa shape index (κ2) is 9.41. The molecule has 0 aromatic heterocycles. The number of nitrogens with zero attached hydrogens (tertiary/aromatic N) is 2. The summed E-state index contributed by atoms with van der Waals surface area (Å²) in [7, 11) is 0. The van der Waals surface area contributed by atoms with Crippen LogP contribution in [0, 0.1) is 6.57 Å². The van der Waals surface area contributed by atoms with Crippen molar-refractivity contribution in [2.24, 2.45) is 0 Å². The molecule has 0 bridgehead atoms. The fourth-order valence-corrected chi connectivity index (χ4v) is 2.06. The van der Waals surface area contributed by atoms with E-state index in [1.165, 1.54) is 25.9 Å². The van der Waals surface area contributed by atoms with Crippen LogP contribution in [0.3, 0.4) is 0 Å². The molecule has 0 saturated heterocycles. The Kier molecular flexibility index (Phi) is 7.69. The van der Waals surface area contributed by atoms with Crippen molar-refractivity contribution in [1.82, 2.24) is 4.90 Å². The molecule has 1 rings (SSSR count). The third-order valence-corrected chi connectivity index (χ3v) is 2.93. The molecule has 1 aromatic carbocycles. The van der Waals surface area contributed by atoms with E-state index in [9.17, 15) is 0 Å². The molecule has 19 heavy (non-hydrogen) atoms. The second-order valence-electron chi connectivity index (χ2n) is 4.65. The molecule has 0 unspecified atom stereocenters. The molecule has 0 atom stereocenters. The minimum atomic E-state index is 0.657. The zero-order valence-electron chi connectivity index (χ0n) is 12.1. The van der Waals surface area contributed by atoms with Crippen LogP contribution < -0.4 is 4.74 Å². The maximum absolute atomic E-state index is 6.89. The SMILES string of the molecule is [C-]#[N+]c1ccc(OCCCN(CCC)CCC)cc1. The van der Waals surface area contributed by atoms with Crippen molar-refractivity contribution in [3.63, 3.8) is 0 Å². The predicted molar refractivity (Wildman–Crippen MR) is 79.8 cm³/mol. The Morgan fingerprint density at radius 1 is 1.05 bits per heavy atom. The molecule has 0 saturated carbocycles. The first-order valence-electron chi connectivity index (χ1n) is 7.12. The van der Waals surface area contributed by atoms with E-state index in [0.29, 0.717) is 5.69 Å². The minimum absolute atomic E-state index is 0.657. The highest BCUT2D eigenvalue weighted by Crippen LogP contribution is 2.17. The van der Waals surface area contributed by atoms with E-state index < -0.39 is 0 Å². The molecule has 3 heteroatoms. The zero-order chi connectivity index (χ0) is 13.9. The highest BCUT2D eigenvalue weighted by molar-refractivity contribution is 5.46. The zero-order valence-corrected chi connectivity index (χ0v) is 12.1. The number of rotatable bonds is 9. The van der Waals surface area contributed by atoms with Gasteiger partial charge in [-0.15, -0.1) is 0 Å². The van der Waals surface area contributed by atoms with Gasteiger partial charge in [-0.2, -0.15) is 0 Å². The quantitative estimate of drug-likeness (QED) is 0.490. The van der Waals surface area contributed by atoms with Crippen LogP contribution in [0.15, 0.2) is 24.3 Å². The third-order valence-electron chi connectivity index (χ3n) is 2.93. The van der Waals surface area contributed by atoms with E-state index >= 15 is 0 Å². The maximum atomic E-state index is 6.89. The maximum Gasteiger partial charge on any atom is 0.187 e. The van der Waals surface area contributed by atoms with Crippen LogP contribution in [0.5, 0.6) is 5.75 Å². The van der Waals surface area contributed by atoms with Crippen molar-refractivity contribution < 1.29 is 4.74 Å². The Morgan fingerprint density at radius 2 is 1.68 bits per heavy atom. The first-order chi connectivity index (χ1) is 9.30. The van der Waals surface area contributed by atoms with Crippen LogP contribution in [-0.4, -0.2) is 31.1 Å². The summed E-state index contributed by atoms with van der Waals surface area (Å²) in [4.78, 5) is 5.85. The molecule has 0 N–H and O–H groups in total. The monoisotopic (exact) mass is 260 g/mol. The van der Waals surface area contributed by atoms with Gasteiger partial charge in [0.1, 0.15) is 5.75 Å². The number of benzene rings is 1. The van der Waals surface area contributed by atoms with E-state index in [1.54, 1.807) is 12.1 Å². The fraction of sp³-hybridized carbons (Fsp3) is 0.562. The van der Waals surface area contributed by atoms with Gasteiger partial charge < -0.3 is 9.64 Å². The fourth-order valence-electron chi connectivity index (χ4n) is 2.06. The standard InChI is InChI=1S/C16H24N2O/c1-4-11-18(12-5-2)13-6-14-19-16-9-7-15(17-3)8-10-16/h7-10H,4-6,11-14H2,1-2H3. The number of hydrogen-bond acceptors (Lipinski definition) is 2. The van der Waals surface area contributed by atoms with Gasteiger partial charge in [0.25, 0.3) is 0 Å². The molecule has 0 fully saturated rings. The lowest BCUT2D eigenvalue weighted by molar-refractivity contribution is 0.234. The molecule has 0 heterocycles. The highest BCUT2D eigenvalue weighted by atomic mass is 16.5. The predicted octanol–water partition coefficient (Wildman–Crippen LogP) is 4.13. The van der Waals surface area contributed by atoms with Gasteiger partial charge in [0.15, 0.2) is 5.69 Å². The molecule has 3 nitrogen and oxygen atoms in total. The smallest absolute Gasteiger partial charge is 0.187 e. The Balaban J connectivity index is 2.23. The van der Waals surface area contributed by atoms with Crippen LogP contribution >= 0.6 is 0 Å². The molecule has 0 radical (unpaired) electrons. The summed E-state index contributed by atoms with van der Waals surface area (Å²) in [5.41, 5.74) is 0.657. The van der Waals surface area contributed by atoms with Gasteiger partial charge >= 0.3 is 0 Å². The summed E-state index contributed by atoms with van der Waals surface area (Å²) in [6.45, 7) is 15.5. The summed E-state index contributed by atoms with van der Waals surface area (Å²) in [6, 6.07) is 7.32. The molecular weight excluding hydrogens is 236 g/mol. The lowest BCUT2D eigenvalue weighted by atomic mass is 10.3. The van der Waals surface area contributed by atoms with Crippen LogP contribution in [0.1, 0.15) is 33.1 Å². The molecule has 0 spiro atoms. The largest absolute Gasteiger partial charge is 0.494 e. The van der Waals surface area contributed by atoms with Gasteiger partial charge in [0.2, 0.25) is 0 Å². The Labute approximate surface area is 117 Å². The minimum Gasteiger partial charge on any atom is -0.494 e. The summed E-state index contributed by atoms with van der Waals surface area (Å²) < 4.78 is 5.68. The number of ether oxygens (including phenoxy) is 1. The van der Waals surface area contributed by atoms with Crippen molar-refractivity contribution in [3.05, 3.63) is 35.7 Å². The van der Waals surface area contributed by atoms with Crippen molar-refractivity contribution in [1.29, 1.82) is 0 Å². The van der Waals surface area contributed by atoms with Crippen molar-refractivity contribution >= 4 is 5.69 Å². The van der Waals surface area contributed by atoms with Crippen LogP contribution in [0.25, 0.3) is 4.85 Å². The van der Waals surface area contributed by atoms with Crippen LogP contribution in [0.2, 0.25) is 0 Å². The van der Waals surface area contributed by atoms with Crippen molar-refractivity contribution in [2.45, 2.75) is 33.1 Å². The van der Waals surface area contributed by atoms with Gasteiger partial charge in [-0.3, -0.25) is 0 Å². The van der Waals surface area contributed by atoms with E-state index in [-0.39, 0.29) is 0 Å². The van der Waals surface area contributed by atoms with Crippen LogP contribution in [0.4, 0.5) is 5.69 Å².